The van der Waals surface area contributed by atoms with Gasteiger partial charge in [-0.2, -0.15) is 0 Å². The van der Waals surface area contributed by atoms with E-state index in [4.69, 9.17) is 5.11 Å². The van der Waals surface area contributed by atoms with Crippen LogP contribution in [0, 0.1) is 6.92 Å². The van der Waals surface area contributed by atoms with Crippen molar-refractivity contribution in [2.75, 3.05) is 17.3 Å². The number of carbonyl (C=O) groups is 2. The summed E-state index contributed by atoms with van der Waals surface area (Å²) < 4.78 is 22.3. The molecule has 0 aliphatic rings. The Hall–Kier alpha value is -2.09. The maximum absolute atomic E-state index is 11.8. The van der Waals surface area contributed by atoms with Crippen LogP contribution in [0.3, 0.4) is 0 Å². The molecule has 1 aromatic rings. The fourth-order valence-electron chi connectivity index (χ4n) is 1.88. The lowest BCUT2D eigenvalue weighted by molar-refractivity contribution is 0.0698. The van der Waals surface area contributed by atoms with E-state index in [0.29, 0.717) is 5.56 Å². The van der Waals surface area contributed by atoms with Crippen LogP contribution in [0.25, 0.3) is 0 Å². The molecule has 0 spiro atoms. The van der Waals surface area contributed by atoms with Gasteiger partial charge in [-0.1, -0.05) is 12.1 Å². The summed E-state index contributed by atoms with van der Waals surface area (Å²) in [6, 6.07) is 3.39. The van der Waals surface area contributed by atoms with Crippen molar-refractivity contribution in [3.05, 3.63) is 29.3 Å². The molecule has 0 bridgehead atoms. The van der Waals surface area contributed by atoms with Gasteiger partial charge in [-0.05, 0) is 25.5 Å². The molecule has 0 aliphatic heterocycles. The average Bonchev–Trinajstić information content (AvgIpc) is 2.28. The first-order valence-corrected chi connectivity index (χ1v) is 8.24. The summed E-state index contributed by atoms with van der Waals surface area (Å²) in [5.74, 6) is -1.35. The molecule has 116 valence electrons. The second-order valence-corrected chi connectivity index (χ2v) is 7.08. The molecule has 0 heterocycles. The topological polar surface area (TPSA) is 113 Å². The van der Waals surface area contributed by atoms with Crippen LogP contribution in [0.2, 0.25) is 0 Å². The summed E-state index contributed by atoms with van der Waals surface area (Å²) in [7, 11) is -3.21. The molecule has 1 rings (SSSR count). The van der Waals surface area contributed by atoms with Crippen LogP contribution >= 0.6 is 0 Å². The van der Waals surface area contributed by atoms with E-state index >= 15 is 0 Å². The van der Waals surface area contributed by atoms with Crippen molar-refractivity contribution < 1.29 is 23.1 Å². The quantitative estimate of drug-likeness (QED) is 0.757. The fraction of sp³-hybridized carbons (Fsp3) is 0.385. The molecule has 0 radical (unpaired) electrons. The fourth-order valence-corrected chi connectivity index (χ4v) is 2.87. The van der Waals surface area contributed by atoms with Gasteiger partial charge in [-0.3, -0.25) is 0 Å². The highest BCUT2D eigenvalue weighted by Crippen LogP contribution is 2.20. The predicted molar refractivity (Wildman–Crippen MR) is 79.5 cm³/mol. The average molecular weight is 314 g/mol. The zero-order valence-electron chi connectivity index (χ0n) is 12.0. The molecule has 1 aromatic carbocycles. The van der Waals surface area contributed by atoms with Crippen molar-refractivity contribution in [3.63, 3.8) is 0 Å². The van der Waals surface area contributed by atoms with Gasteiger partial charge in [0.05, 0.1) is 17.0 Å². The SMILES string of the molecule is Cc1cccc(C(=O)O)c1NC(=O)NC(C)CS(C)(=O)=O. The van der Waals surface area contributed by atoms with Crippen LogP contribution in [-0.4, -0.2) is 43.6 Å². The highest BCUT2D eigenvalue weighted by Gasteiger charge is 2.17. The van der Waals surface area contributed by atoms with E-state index in [1.54, 1.807) is 26.0 Å². The lowest BCUT2D eigenvalue weighted by atomic mass is 10.1. The number of anilines is 1. The molecule has 0 saturated carbocycles. The highest BCUT2D eigenvalue weighted by molar-refractivity contribution is 7.90. The minimum atomic E-state index is -3.21. The predicted octanol–water partition coefficient (Wildman–Crippen LogP) is 1.25. The Kier molecular flexibility index (Phi) is 5.31. The first-order chi connectivity index (χ1) is 9.60. The normalized spacial score (nSPS) is 12.5. The van der Waals surface area contributed by atoms with E-state index < -0.39 is 27.9 Å². The second kappa shape index (κ2) is 6.57. The van der Waals surface area contributed by atoms with Gasteiger partial charge in [0.25, 0.3) is 0 Å². The highest BCUT2D eigenvalue weighted by atomic mass is 32.2. The first kappa shape index (κ1) is 17.0. The van der Waals surface area contributed by atoms with E-state index in [0.717, 1.165) is 6.26 Å². The molecule has 2 amide bonds. The van der Waals surface area contributed by atoms with E-state index in [1.807, 2.05) is 0 Å². The molecular formula is C13H18N2O5S. The Bertz CT molecular complexity index is 655. The van der Waals surface area contributed by atoms with Crippen LogP contribution < -0.4 is 10.6 Å². The number of hydrogen-bond donors (Lipinski definition) is 3. The number of aryl methyl sites for hydroxylation is 1. The van der Waals surface area contributed by atoms with Crippen molar-refractivity contribution in [2.24, 2.45) is 0 Å². The van der Waals surface area contributed by atoms with E-state index in [-0.39, 0.29) is 17.0 Å². The number of urea groups is 1. The van der Waals surface area contributed by atoms with Gasteiger partial charge < -0.3 is 15.7 Å². The molecular weight excluding hydrogens is 296 g/mol. The second-order valence-electron chi connectivity index (χ2n) is 4.89. The lowest BCUT2D eigenvalue weighted by Crippen LogP contribution is -2.40. The molecule has 0 fully saturated rings. The van der Waals surface area contributed by atoms with Crippen molar-refractivity contribution in [3.8, 4) is 0 Å². The molecule has 0 saturated heterocycles. The standard InChI is InChI=1S/C13H18N2O5S/c1-8-5-4-6-10(12(16)17)11(8)15-13(18)14-9(2)7-21(3,19)20/h4-6,9H,7H2,1-3H3,(H,16,17)(H2,14,15,18). The van der Waals surface area contributed by atoms with Crippen molar-refractivity contribution in [1.29, 1.82) is 0 Å². The first-order valence-electron chi connectivity index (χ1n) is 6.18. The van der Waals surface area contributed by atoms with E-state index in [1.165, 1.54) is 6.07 Å². The number of benzene rings is 1. The van der Waals surface area contributed by atoms with Crippen LogP contribution in [0.1, 0.15) is 22.8 Å². The molecule has 0 aromatic heterocycles. The lowest BCUT2D eigenvalue weighted by Gasteiger charge is -2.16. The number of carbonyl (C=O) groups excluding carboxylic acids is 1. The molecule has 3 N–H and O–H groups in total. The number of aromatic carboxylic acids is 1. The van der Waals surface area contributed by atoms with Crippen molar-refractivity contribution in [2.45, 2.75) is 19.9 Å². The third-order valence-corrected chi connectivity index (χ3v) is 3.78. The Morgan fingerprint density at radius 2 is 1.95 bits per heavy atom. The molecule has 1 atom stereocenters. The number of carboxylic acid groups (broad SMARTS) is 1. The smallest absolute Gasteiger partial charge is 0.337 e. The number of sulfone groups is 1. The third kappa shape index (κ3) is 5.42. The Morgan fingerprint density at radius 1 is 1.33 bits per heavy atom. The third-order valence-electron chi connectivity index (χ3n) is 2.67. The molecule has 7 nitrogen and oxygen atoms in total. The van der Waals surface area contributed by atoms with Crippen LogP contribution in [0.15, 0.2) is 18.2 Å². The van der Waals surface area contributed by atoms with Gasteiger partial charge in [0, 0.05) is 12.3 Å². The maximum atomic E-state index is 11.8. The van der Waals surface area contributed by atoms with Crippen molar-refractivity contribution >= 4 is 27.5 Å². The Balaban J connectivity index is 2.83. The largest absolute Gasteiger partial charge is 0.478 e. The summed E-state index contributed by atoms with van der Waals surface area (Å²) in [4.78, 5) is 22.9. The van der Waals surface area contributed by atoms with E-state index in [9.17, 15) is 18.0 Å². The van der Waals surface area contributed by atoms with Gasteiger partial charge in [-0.15, -0.1) is 0 Å². The number of para-hydroxylation sites is 1. The minimum absolute atomic E-state index is 0.0269. The Labute approximate surface area is 123 Å². The minimum Gasteiger partial charge on any atom is -0.478 e. The summed E-state index contributed by atoms with van der Waals surface area (Å²) in [6.07, 6.45) is 1.08. The van der Waals surface area contributed by atoms with Crippen molar-refractivity contribution in [1.82, 2.24) is 5.32 Å². The summed E-state index contributed by atoms with van der Waals surface area (Å²) in [5.41, 5.74) is 0.760. The van der Waals surface area contributed by atoms with Gasteiger partial charge in [-0.25, -0.2) is 18.0 Å². The molecule has 1 unspecified atom stereocenters. The summed E-state index contributed by atoms with van der Waals surface area (Å²) in [5, 5.41) is 14.0. The summed E-state index contributed by atoms with van der Waals surface area (Å²) in [6.45, 7) is 3.22. The number of amides is 2. The molecule has 21 heavy (non-hydrogen) atoms. The zero-order valence-corrected chi connectivity index (χ0v) is 12.8. The van der Waals surface area contributed by atoms with Crippen LogP contribution in [0.5, 0.6) is 0 Å². The van der Waals surface area contributed by atoms with Gasteiger partial charge in [0.1, 0.15) is 9.84 Å². The zero-order chi connectivity index (χ0) is 16.2. The molecule has 0 aliphatic carbocycles. The number of nitrogens with one attached hydrogen (secondary N) is 2. The monoisotopic (exact) mass is 314 g/mol. The molecule has 8 heteroatoms. The van der Waals surface area contributed by atoms with Gasteiger partial charge in [0.2, 0.25) is 0 Å². The summed E-state index contributed by atoms with van der Waals surface area (Å²) >= 11 is 0. The van der Waals surface area contributed by atoms with Gasteiger partial charge in [0.15, 0.2) is 0 Å². The number of hydrogen-bond acceptors (Lipinski definition) is 4. The maximum Gasteiger partial charge on any atom is 0.337 e. The van der Waals surface area contributed by atoms with Crippen LogP contribution in [-0.2, 0) is 9.84 Å². The van der Waals surface area contributed by atoms with Gasteiger partial charge >= 0.3 is 12.0 Å². The number of carboxylic acids is 1. The van der Waals surface area contributed by atoms with E-state index in [2.05, 4.69) is 10.6 Å². The Morgan fingerprint density at radius 3 is 2.48 bits per heavy atom. The van der Waals surface area contributed by atoms with Crippen LogP contribution in [0.4, 0.5) is 10.5 Å². The number of rotatable bonds is 5.